The van der Waals surface area contributed by atoms with E-state index in [1.165, 1.54) is 30.4 Å². The fourth-order valence-electron chi connectivity index (χ4n) is 3.13. The molecule has 1 N–H and O–H groups in total. The van der Waals surface area contributed by atoms with Crippen molar-refractivity contribution in [2.75, 3.05) is 20.3 Å². The summed E-state index contributed by atoms with van der Waals surface area (Å²) < 4.78 is 11.4. The fourth-order valence-corrected chi connectivity index (χ4v) is 3.13. The quantitative estimate of drug-likeness (QED) is 0.823. The molecule has 21 heavy (non-hydrogen) atoms. The monoisotopic (exact) mass is 291 g/mol. The summed E-state index contributed by atoms with van der Waals surface area (Å²) in [6.45, 7) is 6.19. The summed E-state index contributed by atoms with van der Waals surface area (Å²) in [5.41, 5.74) is 2.55. The molecular formula is C18H29NO2. The van der Waals surface area contributed by atoms with E-state index in [1.54, 1.807) is 7.11 Å². The highest BCUT2D eigenvalue weighted by molar-refractivity contribution is 5.39. The summed E-state index contributed by atoms with van der Waals surface area (Å²) in [5.74, 6) is 0.983. The van der Waals surface area contributed by atoms with E-state index in [0.29, 0.717) is 12.1 Å². The van der Waals surface area contributed by atoms with Crippen LogP contribution in [0.4, 0.5) is 0 Å². The molecule has 3 heteroatoms. The molecule has 1 aromatic rings. The van der Waals surface area contributed by atoms with Crippen LogP contribution in [0.5, 0.6) is 5.75 Å². The van der Waals surface area contributed by atoms with Crippen LogP contribution in [0.25, 0.3) is 0 Å². The molecule has 0 saturated carbocycles. The molecule has 2 unspecified atom stereocenters. The van der Waals surface area contributed by atoms with Crippen molar-refractivity contribution in [3.05, 3.63) is 29.3 Å². The number of methoxy groups -OCH3 is 1. The molecule has 1 heterocycles. The summed E-state index contributed by atoms with van der Waals surface area (Å²) in [5, 5.41) is 3.60. The van der Waals surface area contributed by atoms with Gasteiger partial charge in [0.15, 0.2) is 0 Å². The molecule has 1 aliphatic rings. The molecule has 0 aromatic heterocycles. The first kappa shape index (κ1) is 16.3. The van der Waals surface area contributed by atoms with Gasteiger partial charge in [0.1, 0.15) is 5.75 Å². The van der Waals surface area contributed by atoms with Crippen LogP contribution in [0.3, 0.4) is 0 Å². The van der Waals surface area contributed by atoms with Crippen molar-refractivity contribution >= 4 is 0 Å². The van der Waals surface area contributed by atoms with E-state index < -0.39 is 0 Å². The largest absolute Gasteiger partial charge is 0.496 e. The van der Waals surface area contributed by atoms with Crippen LogP contribution < -0.4 is 10.1 Å². The van der Waals surface area contributed by atoms with Crippen molar-refractivity contribution in [3.8, 4) is 5.75 Å². The first-order valence-corrected chi connectivity index (χ1v) is 8.24. The van der Waals surface area contributed by atoms with Gasteiger partial charge >= 0.3 is 0 Å². The van der Waals surface area contributed by atoms with E-state index in [4.69, 9.17) is 9.47 Å². The van der Waals surface area contributed by atoms with Crippen molar-refractivity contribution in [1.82, 2.24) is 5.32 Å². The number of ether oxygens (including phenoxy) is 2. The lowest BCUT2D eigenvalue weighted by Gasteiger charge is -2.26. The molecule has 0 aliphatic carbocycles. The van der Waals surface area contributed by atoms with Gasteiger partial charge in [0.25, 0.3) is 0 Å². The Balaban J connectivity index is 2.05. The summed E-state index contributed by atoms with van der Waals surface area (Å²) >= 11 is 0. The zero-order valence-corrected chi connectivity index (χ0v) is 13.7. The average molecular weight is 291 g/mol. The minimum Gasteiger partial charge on any atom is -0.496 e. The Labute approximate surface area is 129 Å². The average Bonchev–Trinajstić information content (AvgIpc) is 2.52. The molecule has 0 bridgehead atoms. The SMILES string of the molecule is CCNC(CCC1CCCCO1)c1cc(C)ccc1OC. The van der Waals surface area contributed by atoms with Crippen LogP contribution in [0.2, 0.25) is 0 Å². The van der Waals surface area contributed by atoms with Gasteiger partial charge in [-0.05, 0) is 51.6 Å². The molecule has 3 nitrogen and oxygen atoms in total. The Kier molecular flexibility index (Phi) is 6.52. The number of hydrogen-bond donors (Lipinski definition) is 1. The Morgan fingerprint density at radius 3 is 2.90 bits per heavy atom. The summed E-state index contributed by atoms with van der Waals surface area (Å²) in [6.07, 6.45) is 6.40. The zero-order chi connectivity index (χ0) is 15.1. The molecule has 0 radical (unpaired) electrons. The molecule has 1 fully saturated rings. The van der Waals surface area contributed by atoms with Crippen LogP contribution in [-0.4, -0.2) is 26.4 Å². The third-order valence-corrected chi connectivity index (χ3v) is 4.26. The highest BCUT2D eigenvalue weighted by Gasteiger charge is 2.19. The third kappa shape index (κ3) is 4.72. The van der Waals surface area contributed by atoms with E-state index in [2.05, 4.69) is 37.4 Å². The van der Waals surface area contributed by atoms with E-state index in [-0.39, 0.29) is 0 Å². The molecule has 2 atom stereocenters. The number of benzene rings is 1. The van der Waals surface area contributed by atoms with Crippen LogP contribution >= 0.6 is 0 Å². The summed E-state index contributed by atoms with van der Waals surface area (Å²) in [7, 11) is 1.75. The maximum absolute atomic E-state index is 5.86. The molecule has 0 spiro atoms. The Hall–Kier alpha value is -1.06. The first-order valence-electron chi connectivity index (χ1n) is 8.24. The minimum atomic E-state index is 0.343. The second-order valence-corrected chi connectivity index (χ2v) is 5.92. The number of rotatable bonds is 7. The molecule has 1 aromatic carbocycles. The van der Waals surface area contributed by atoms with Crippen molar-refractivity contribution in [1.29, 1.82) is 0 Å². The molecule has 0 amide bonds. The maximum atomic E-state index is 5.86. The Morgan fingerprint density at radius 1 is 1.38 bits per heavy atom. The molecule has 2 rings (SSSR count). The standard InChI is InChI=1S/C18H29NO2/c1-4-19-17(10-9-15-7-5-6-12-21-15)16-13-14(2)8-11-18(16)20-3/h8,11,13,15,17,19H,4-7,9-10,12H2,1-3H3. The predicted molar refractivity (Wildman–Crippen MR) is 87.0 cm³/mol. The summed E-state index contributed by atoms with van der Waals surface area (Å²) in [4.78, 5) is 0. The third-order valence-electron chi connectivity index (χ3n) is 4.26. The van der Waals surface area contributed by atoms with Crippen molar-refractivity contribution in [2.45, 2.75) is 58.1 Å². The highest BCUT2D eigenvalue weighted by Crippen LogP contribution is 2.30. The van der Waals surface area contributed by atoms with Gasteiger partial charge in [0.05, 0.1) is 13.2 Å². The topological polar surface area (TPSA) is 30.5 Å². The lowest BCUT2D eigenvalue weighted by atomic mass is 9.95. The number of hydrogen-bond acceptors (Lipinski definition) is 3. The zero-order valence-electron chi connectivity index (χ0n) is 13.7. The maximum Gasteiger partial charge on any atom is 0.123 e. The minimum absolute atomic E-state index is 0.343. The predicted octanol–water partition coefficient (Wildman–Crippen LogP) is 4.00. The molecular weight excluding hydrogens is 262 g/mol. The van der Waals surface area contributed by atoms with E-state index in [9.17, 15) is 0 Å². The summed E-state index contributed by atoms with van der Waals surface area (Å²) in [6, 6.07) is 6.77. The lowest BCUT2D eigenvalue weighted by Crippen LogP contribution is -2.25. The normalized spacial score (nSPS) is 20.2. The van der Waals surface area contributed by atoms with E-state index >= 15 is 0 Å². The van der Waals surface area contributed by atoms with Crippen molar-refractivity contribution in [2.24, 2.45) is 0 Å². The highest BCUT2D eigenvalue weighted by atomic mass is 16.5. The van der Waals surface area contributed by atoms with Crippen LogP contribution in [0.1, 0.15) is 56.2 Å². The van der Waals surface area contributed by atoms with E-state index in [1.807, 2.05) is 0 Å². The van der Waals surface area contributed by atoms with Crippen molar-refractivity contribution < 1.29 is 9.47 Å². The van der Waals surface area contributed by atoms with Gasteiger partial charge in [-0.15, -0.1) is 0 Å². The van der Waals surface area contributed by atoms with Gasteiger partial charge in [0, 0.05) is 18.2 Å². The molecule has 118 valence electrons. The molecule has 1 saturated heterocycles. The number of aryl methyl sites for hydroxylation is 1. The van der Waals surface area contributed by atoms with Crippen LogP contribution in [0.15, 0.2) is 18.2 Å². The molecule has 1 aliphatic heterocycles. The fraction of sp³-hybridized carbons (Fsp3) is 0.667. The van der Waals surface area contributed by atoms with Gasteiger partial charge in [-0.3, -0.25) is 0 Å². The Morgan fingerprint density at radius 2 is 2.24 bits per heavy atom. The van der Waals surface area contributed by atoms with Crippen molar-refractivity contribution in [3.63, 3.8) is 0 Å². The second-order valence-electron chi connectivity index (χ2n) is 5.92. The lowest BCUT2D eigenvalue weighted by molar-refractivity contribution is 0.00853. The second kappa shape index (κ2) is 8.40. The first-order chi connectivity index (χ1) is 10.2. The smallest absolute Gasteiger partial charge is 0.123 e. The van der Waals surface area contributed by atoms with E-state index in [0.717, 1.165) is 31.7 Å². The van der Waals surface area contributed by atoms with Gasteiger partial charge < -0.3 is 14.8 Å². The van der Waals surface area contributed by atoms with Gasteiger partial charge in [0.2, 0.25) is 0 Å². The Bertz CT molecular complexity index is 427. The van der Waals surface area contributed by atoms with Crippen LogP contribution in [0, 0.1) is 6.92 Å². The van der Waals surface area contributed by atoms with Gasteiger partial charge in [-0.25, -0.2) is 0 Å². The number of nitrogens with one attached hydrogen (secondary N) is 1. The van der Waals surface area contributed by atoms with Gasteiger partial charge in [-0.2, -0.15) is 0 Å². The van der Waals surface area contributed by atoms with Crippen LogP contribution in [-0.2, 0) is 4.74 Å². The van der Waals surface area contributed by atoms with Gasteiger partial charge in [-0.1, -0.05) is 24.6 Å².